The lowest BCUT2D eigenvalue weighted by Gasteiger charge is -2.14. The van der Waals surface area contributed by atoms with Gasteiger partial charge in [-0.2, -0.15) is 0 Å². The highest BCUT2D eigenvalue weighted by Gasteiger charge is 2.13. The summed E-state index contributed by atoms with van der Waals surface area (Å²) in [5.41, 5.74) is 4.26. The number of amides is 1. The maximum absolute atomic E-state index is 12.6. The molecule has 3 aromatic rings. The van der Waals surface area contributed by atoms with Crippen LogP contribution in [0, 0.1) is 0 Å². The van der Waals surface area contributed by atoms with Crippen molar-refractivity contribution in [3.05, 3.63) is 66.0 Å². The van der Waals surface area contributed by atoms with Crippen LogP contribution in [0.2, 0.25) is 0 Å². The number of thioether (sulfide) groups is 1. The molecule has 0 radical (unpaired) electrons. The number of anilines is 1. The normalized spacial score (nSPS) is 10.7. The van der Waals surface area contributed by atoms with Crippen LogP contribution >= 0.6 is 11.8 Å². The number of imidazole rings is 1. The number of rotatable bonds is 8. The first-order valence-electron chi connectivity index (χ1n) is 9.37. The van der Waals surface area contributed by atoms with Gasteiger partial charge in [-0.25, -0.2) is 4.98 Å². The molecule has 3 rings (SSSR count). The van der Waals surface area contributed by atoms with Crippen molar-refractivity contribution in [2.75, 3.05) is 18.2 Å². The average Bonchev–Trinajstić information content (AvgIpc) is 3.21. The quantitative estimate of drug-likeness (QED) is 0.560. The summed E-state index contributed by atoms with van der Waals surface area (Å²) in [5, 5.41) is 3.88. The van der Waals surface area contributed by atoms with Crippen molar-refractivity contribution in [3.63, 3.8) is 0 Å². The summed E-state index contributed by atoms with van der Waals surface area (Å²) in [4.78, 5) is 17.0. The lowest BCUT2D eigenvalue weighted by atomic mass is 10.0. The SMILES string of the molecule is CCc1cccc(CC)c1NC(=O)CSc1nccn1-c1ccc(OC)cc1. The van der Waals surface area contributed by atoms with Crippen LogP contribution in [-0.2, 0) is 17.6 Å². The van der Waals surface area contributed by atoms with Gasteiger partial charge in [0.15, 0.2) is 5.16 Å². The Bertz CT molecular complexity index is 913. The summed E-state index contributed by atoms with van der Waals surface area (Å²) in [6, 6.07) is 13.9. The van der Waals surface area contributed by atoms with Crippen molar-refractivity contribution >= 4 is 23.4 Å². The zero-order valence-corrected chi connectivity index (χ0v) is 17.3. The predicted octanol–water partition coefficient (Wildman–Crippen LogP) is 4.74. The highest BCUT2D eigenvalue weighted by Crippen LogP contribution is 2.25. The van der Waals surface area contributed by atoms with Crippen LogP contribution in [-0.4, -0.2) is 28.3 Å². The van der Waals surface area contributed by atoms with Gasteiger partial charge in [-0.05, 0) is 48.2 Å². The highest BCUT2D eigenvalue weighted by atomic mass is 32.2. The molecule has 6 heteroatoms. The number of aryl methyl sites for hydroxylation is 2. The van der Waals surface area contributed by atoms with Crippen molar-refractivity contribution in [2.24, 2.45) is 0 Å². The first-order chi connectivity index (χ1) is 13.7. The maximum atomic E-state index is 12.6. The molecule has 1 heterocycles. The smallest absolute Gasteiger partial charge is 0.234 e. The van der Waals surface area contributed by atoms with E-state index in [1.54, 1.807) is 13.3 Å². The van der Waals surface area contributed by atoms with Gasteiger partial charge in [-0.3, -0.25) is 9.36 Å². The number of ether oxygens (including phenoxy) is 1. The van der Waals surface area contributed by atoms with Crippen LogP contribution in [0.1, 0.15) is 25.0 Å². The molecule has 1 aromatic heterocycles. The molecule has 0 aliphatic rings. The van der Waals surface area contributed by atoms with Gasteiger partial charge in [0.1, 0.15) is 5.75 Å². The lowest BCUT2D eigenvalue weighted by molar-refractivity contribution is -0.113. The van der Waals surface area contributed by atoms with E-state index in [1.807, 2.05) is 41.1 Å². The van der Waals surface area contributed by atoms with Gasteiger partial charge in [-0.15, -0.1) is 0 Å². The molecule has 0 spiro atoms. The van der Waals surface area contributed by atoms with E-state index in [4.69, 9.17) is 4.74 Å². The van der Waals surface area contributed by atoms with E-state index < -0.39 is 0 Å². The fourth-order valence-corrected chi connectivity index (χ4v) is 3.82. The summed E-state index contributed by atoms with van der Waals surface area (Å²) in [7, 11) is 1.65. The summed E-state index contributed by atoms with van der Waals surface area (Å²) in [6.45, 7) is 4.20. The summed E-state index contributed by atoms with van der Waals surface area (Å²) in [5.74, 6) is 1.08. The van der Waals surface area contributed by atoms with Gasteiger partial charge in [0.2, 0.25) is 5.91 Å². The van der Waals surface area contributed by atoms with Crippen molar-refractivity contribution in [1.82, 2.24) is 9.55 Å². The van der Waals surface area contributed by atoms with Crippen molar-refractivity contribution in [1.29, 1.82) is 0 Å². The number of benzene rings is 2. The Morgan fingerprint density at radius 2 is 1.79 bits per heavy atom. The Morgan fingerprint density at radius 3 is 2.39 bits per heavy atom. The second-order valence-corrected chi connectivity index (χ2v) is 7.22. The molecule has 146 valence electrons. The molecule has 0 saturated heterocycles. The topological polar surface area (TPSA) is 56.2 Å². The molecule has 0 saturated carbocycles. The Labute approximate surface area is 170 Å². The van der Waals surface area contributed by atoms with Gasteiger partial charge in [0.05, 0.1) is 12.9 Å². The number of para-hydroxylation sites is 1. The third-order valence-electron chi connectivity index (χ3n) is 4.55. The average molecular weight is 396 g/mol. The zero-order valence-electron chi connectivity index (χ0n) is 16.4. The minimum absolute atomic E-state index is 0.0233. The number of carbonyl (C=O) groups excluding carboxylic acids is 1. The Hall–Kier alpha value is -2.73. The van der Waals surface area contributed by atoms with Gasteiger partial charge in [0, 0.05) is 23.8 Å². The predicted molar refractivity (Wildman–Crippen MR) is 115 cm³/mol. The van der Waals surface area contributed by atoms with Gasteiger partial charge < -0.3 is 10.1 Å². The van der Waals surface area contributed by atoms with Crippen molar-refractivity contribution < 1.29 is 9.53 Å². The van der Waals surface area contributed by atoms with E-state index in [2.05, 4.69) is 36.3 Å². The van der Waals surface area contributed by atoms with Crippen LogP contribution in [0.3, 0.4) is 0 Å². The van der Waals surface area contributed by atoms with E-state index in [0.717, 1.165) is 46.2 Å². The van der Waals surface area contributed by atoms with Crippen LogP contribution in [0.25, 0.3) is 5.69 Å². The number of carbonyl (C=O) groups is 1. The van der Waals surface area contributed by atoms with Crippen molar-refractivity contribution in [2.45, 2.75) is 31.8 Å². The van der Waals surface area contributed by atoms with Gasteiger partial charge in [0.25, 0.3) is 0 Å². The molecule has 0 aliphatic heterocycles. The number of aromatic nitrogens is 2. The molecular weight excluding hydrogens is 370 g/mol. The van der Waals surface area contributed by atoms with E-state index in [1.165, 1.54) is 11.8 Å². The monoisotopic (exact) mass is 395 g/mol. The van der Waals surface area contributed by atoms with E-state index in [-0.39, 0.29) is 5.91 Å². The Kier molecular flexibility index (Phi) is 6.76. The van der Waals surface area contributed by atoms with Crippen LogP contribution in [0.5, 0.6) is 5.75 Å². The highest BCUT2D eigenvalue weighted by molar-refractivity contribution is 7.99. The molecule has 5 nitrogen and oxygen atoms in total. The summed E-state index contributed by atoms with van der Waals surface area (Å²) < 4.78 is 7.17. The number of nitrogens with one attached hydrogen (secondary N) is 1. The van der Waals surface area contributed by atoms with E-state index in [0.29, 0.717) is 5.75 Å². The molecule has 0 unspecified atom stereocenters. The number of methoxy groups -OCH3 is 1. The zero-order chi connectivity index (χ0) is 19.9. The molecule has 0 bridgehead atoms. The minimum Gasteiger partial charge on any atom is -0.497 e. The number of nitrogens with zero attached hydrogens (tertiary/aromatic N) is 2. The van der Waals surface area contributed by atoms with E-state index >= 15 is 0 Å². The largest absolute Gasteiger partial charge is 0.497 e. The van der Waals surface area contributed by atoms with Crippen LogP contribution in [0.15, 0.2) is 60.0 Å². The second-order valence-electron chi connectivity index (χ2n) is 6.27. The first kappa shape index (κ1) is 20.0. The van der Waals surface area contributed by atoms with Gasteiger partial charge in [-0.1, -0.05) is 43.8 Å². The molecule has 28 heavy (non-hydrogen) atoms. The molecular formula is C22H25N3O2S. The maximum Gasteiger partial charge on any atom is 0.234 e. The molecule has 2 aromatic carbocycles. The molecule has 1 amide bonds. The Balaban J connectivity index is 1.69. The van der Waals surface area contributed by atoms with Crippen LogP contribution in [0.4, 0.5) is 5.69 Å². The number of hydrogen-bond donors (Lipinski definition) is 1. The second kappa shape index (κ2) is 9.46. The fourth-order valence-electron chi connectivity index (χ4n) is 3.04. The fraction of sp³-hybridized carbons (Fsp3) is 0.273. The van der Waals surface area contributed by atoms with Crippen molar-refractivity contribution in [3.8, 4) is 11.4 Å². The number of hydrogen-bond acceptors (Lipinski definition) is 4. The van der Waals surface area contributed by atoms with Gasteiger partial charge >= 0.3 is 0 Å². The third kappa shape index (κ3) is 4.57. The lowest BCUT2D eigenvalue weighted by Crippen LogP contribution is -2.17. The molecule has 1 N–H and O–H groups in total. The van der Waals surface area contributed by atoms with Crippen LogP contribution < -0.4 is 10.1 Å². The minimum atomic E-state index is -0.0233. The first-order valence-corrected chi connectivity index (χ1v) is 10.4. The molecule has 0 fully saturated rings. The summed E-state index contributed by atoms with van der Waals surface area (Å²) >= 11 is 1.42. The molecule has 0 aliphatic carbocycles. The Morgan fingerprint density at radius 1 is 1.11 bits per heavy atom. The third-order valence-corrected chi connectivity index (χ3v) is 5.52. The molecule has 0 atom stereocenters. The standard InChI is InChI=1S/C22H25N3O2S/c1-4-16-7-6-8-17(5-2)21(16)24-20(26)15-28-22-23-13-14-25(22)18-9-11-19(27-3)12-10-18/h6-14H,4-5,15H2,1-3H3,(H,24,26). The summed E-state index contributed by atoms with van der Waals surface area (Å²) in [6.07, 6.45) is 5.41. The van der Waals surface area contributed by atoms with E-state index in [9.17, 15) is 4.79 Å².